The van der Waals surface area contributed by atoms with Crippen LogP contribution in [0.1, 0.15) is 17.5 Å². The highest BCUT2D eigenvalue weighted by atomic mass is 16.5. The van der Waals surface area contributed by atoms with E-state index in [9.17, 15) is 4.79 Å². The van der Waals surface area contributed by atoms with Gasteiger partial charge in [-0.2, -0.15) is 0 Å². The van der Waals surface area contributed by atoms with E-state index in [4.69, 9.17) is 5.21 Å². The summed E-state index contributed by atoms with van der Waals surface area (Å²) in [5, 5.41) is 10.0. The molecule has 0 saturated carbocycles. The number of hydroxylamine groups is 1. The predicted molar refractivity (Wildman–Crippen MR) is 89.2 cm³/mol. The number of nitrogens with one attached hydrogen (secondary N) is 2. The van der Waals surface area contributed by atoms with Gasteiger partial charge in [-0.05, 0) is 54.2 Å². The molecule has 1 amide bonds. The van der Waals surface area contributed by atoms with Gasteiger partial charge in [-0.1, -0.05) is 30.3 Å². The Hall–Kier alpha value is -2.59. The zero-order valence-corrected chi connectivity index (χ0v) is 12.7. The number of hydrogen-bond acceptors (Lipinski definition) is 2. The summed E-state index contributed by atoms with van der Waals surface area (Å²) in [6.45, 7) is 0. The summed E-state index contributed by atoms with van der Waals surface area (Å²) in [6.07, 6.45) is 2.33. The largest absolute Gasteiger partial charge is 0.355 e. The van der Waals surface area contributed by atoms with Gasteiger partial charge in [0.2, 0.25) is 5.91 Å². The van der Waals surface area contributed by atoms with Crippen molar-refractivity contribution >= 4 is 16.8 Å². The van der Waals surface area contributed by atoms with Gasteiger partial charge < -0.3 is 4.98 Å². The van der Waals surface area contributed by atoms with Gasteiger partial charge in [0.1, 0.15) is 0 Å². The molecule has 2 aromatic carbocycles. The number of carbonyl (C=O) groups excluding carboxylic acids is 1. The maximum atomic E-state index is 11.7. The number of carbonyl (C=O) groups is 1. The zero-order valence-electron chi connectivity index (χ0n) is 12.7. The smallest absolute Gasteiger partial charge is 0.246 e. The van der Waals surface area contributed by atoms with Crippen LogP contribution < -0.4 is 5.48 Å². The molecule has 1 aromatic heterocycles. The molecule has 23 heavy (non-hydrogen) atoms. The van der Waals surface area contributed by atoms with Gasteiger partial charge in [-0.3, -0.25) is 10.0 Å². The third kappa shape index (κ3) is 2.51. The molecule has 0 spiro atoms. The predicted octanol–water partition coefficient (Wildman–Crippen LogP) is 3.45. The van der Waals surface area contributed by atoms with Crippen LogP contribution in [0.25, 0.3) is 22.2 Å². The molecule has 0 aliphatic heterocycles. The maximum absolute atomic E-state index is 11.7. The molecule has 0 radical (unpaired) electrons. The summed E-state index contributed by atoms with van der Waals surface area (Å²) in [5.41, 5.74) is 7.62. The Bertz CT molecular complexity index is 849. The van der Waals surface area contributed by atoms with Crippen LogP contribution in [0.4, 0.5) is 0 Å². The number of benzene rings is 2. The van der Waals surface area contributed by atoms with E-state index in [0.29, 0.717) is 6.42 Å². The third-order valence-corrected chi connectivity index (χ3v) is 4.76. The van der Waals surface area contributed by atoms with Gasteiger partial charge in [0.15, 0.2) is 0 Å². The lowest BCUT2D eigenvalue weighted by atomic mass is 9.82. The van der Waals surface area contributed by atoms with E-state index in [2.05, 4.69) is 41.4 Å². The average Bonchev–Trinajstić information content (AvgIpc) is 3.04. The molecule has 1 heterocycles. The van der Waals surface area contributed by atoms with Gasteiger partial charge in [0.25, 0.3) is 0 Å². The van der Waals surface area contributed by atoms with Crippen molar-refractivity contribution in [1.29, 1.82) is 0 Å². The first-order valence-electron chi connectivity index (χ1n) is 7.88. The Morgan fingerprint density at radius 3 is 2.83 bits per heavy atom. The second-order valence-corrected chi connectivity index (χ2v) is 6.17. The molecule has 1 unspecified atom stereocenters. The molecule has 4 nitrogen and oxygen atoms in total. The Balaban J connectivity index is 1.70. The highest BCUT2D eigenvalue weighted by molar-refractivity contribution is 5.86. The molecule has 0 saturated heterocycles. The molecule has 3 N–H and O–H groups in total. The van der Waals surface area contributed by atoms with Crippen LogP contribution in [0.2, 0.25) is 0 Å². The van der Waals surface area contributed by atoms with E-state index in [0.717, 1.165) is 29.6 Å². The van der Waals surface area contributed by atoms with Crippen molar-refractivity contribution in [2.24, 2.45) is 5.92 Å². The van der Waals surface area contributed by atoms with Gasteiger partial charge >= 0.3 is 0 Å². The zero-order chi connectivity index (χ0) is 15.8. The molecule has 1 aliphatic rings. The number of aromatic amines is 1. The summed E-state index contributed by atoms with van der Waals surface area (Å²) in [7, 11) is 0. The first kappa shape index (κ1) is 14.0. The summed E-state index contributed by atoms with van der Waals surface area (Å²) in [5.74, 6) is -0.433. The Labute approximate surface area is 134 Å². The molecule has 4 heteroatoms. The lowest BCUT2D eigenvalue weighted by Gasteiger charge is -2.23. The van der Waals surface area contributed by atoms with Crippen molar-refractivity contribution in [3.05, 3.63) is 59.7 Å². The quantitative estimate of drug-likeness (QED) is 0.501. The van der Waals surface area contributed by atoms with Gasteiger partial charge in [-0.25, -0.2) is 5.48 Å². The van der Waals surface area contributed by atoms with E-state index in [-0.39, 0.29) is 11.8 Å². The maximum Gasteiger partial charge on any atom is 0.246 e. The standard InChI is InChI=1S/C19H18N2O2/c22-19(21-23)15-8-6-12-5-7-14(9-16(12)10-15)18-11-13-3-1-2-4-17(13)20-18/h1-5,7,9,11,15,20,23H,6,8,10H2,(H,21,22). The first-order valence-corrected chi connectivity index (χ1v) is 7.88. The molecular formula is C19H18N2O2. The number of amides is 1. The molecule has 116 valence electrons. The van der Waals surface area contributed by atoms with Crippen LogP contribution >= 0.6 is 0 Å². The van der Waals surface area contributed by atoms with E-state index in [1.54, 1.807) is 5.48 Å². The number of aromatic nitrogens is 1. The number of para-hydroxylation sites is 1. The normalized spacial score (nSPS) is 17.0. The molecule has 0 bridgehead atoms. The topological polar surface area (TPSA) is 65.1 Å². The van der Waals surface area contributed by atoms with Crippen LogP contribution in [-0.2, 0) is 17.6 Å². The number of fused-ring (bicyclic) bond motifs is 2. The summed E-state index contributed by atoms with van der Waals surface area (Å²) < 4.78 is 0. The van der Waals surface area contributed by atoms with Crippen LogP contribution in [0.3, 0.4) is 0 Å². The molecule has 1 aliphatic carbocycles. The second kappa shape index (κ2) is 5.56. The number of rotatable bonds is 2. The lowest BCUT2D eigenvalue weighted by molar-refractivity contribution is -0.133. The lowest BCUT2D eigenvalue weighted by Crippen LogP contribution is -2.31. The van der Waals surface area contributed by atoms with E-state index in [1.807, 2.05) is 12.1 Å². The van der Waals surface area contributed by atoms with Crippen molar-refractivity contribution < 1.29 is 10.0 Å². The molecular weight excluding hydrogens is 288 g/mol. The first-order chi connectivity index (χ1) is 11.2. The van der Waals surface area contributed by atoms with E-state index < -0.39 is 0 Å². The van der Waals surface area contributed by atoms with Crippen LogP contribution in [0.15, 0.2) is 48.5 Å². The van der Waals surface area contributed by atoms with Crippen molar-refractivity contribution in [3.63, 3.8) is 0 Å². The Morgan fingerprint density at radius 1 is 1.13 bits per heavy atom. The van der Waals surface area contributed by atoms with Gasteiger partial charge in [-0.15, -0.1) is 0 Å². The van der Waals surface area contributed by atoms with Crippen molar-refractivity contribution in [2.45, 2.75) is 19.3 Å². The highest BCUT2D eigenvalue weighted by Crippen LogP contribution is 2.31. The van der Waals surface area contributed by atoms with Crippen LogP contribution in [0.5, 0.6) is 0 Å². The van der Waals surface area contributed by atoms with Gasteiger partial charge in [0.05, 0.1) is 0 Å². The van der Waals surface area contributed by atoms with E-state index >= 15 is 0 Å². The fourth-order valence-electron chi connectivity index (χ4n) is 3.47. The van der Waals surface area contributed by atoms with E-state index in [1.165, 1.54) is 16.5 Å². The van der Waals surface area contributed by atoms with Crippen molar-refractivity contribution in [2.75, 3.05) is 0 Å². The SMILES string of the molecule is O=C(NO)C1CCc2ccc(-c3cc4ccccc4[nH]3)cc2C1. The third-order valence-electron chi connectivity index (χ3n) is 4.76. The Morgan fingerprint density at radius 2 is 2.00 bits per heavy atom. The fourth-order valence-corrected chi connectivity index (χ4v) is 3.47. The molecule has 1 atom stereocenters. The fraction of sp³-hybridized carbons (Fsp3) is 0.211. The molecule has 0 fully saturated rings. The van der Waals surface area contributed by atoms with Crippen LogP contribution in [0, 0.1) is 5.92 Å². The van der Waals surface area contributed by atoms with Crippen molar-refractivity contribution in [3.8, 4) is 11.3 Å². The minimum Gasteiger partial charge on any atom is -0.355 e. The number of hydrogen-bond donors (Lipinski definition) is 3. The summed E-state index contributed by atoms with van der Waals surface area (Å²) >= 11 is 0. The van der Waals surface area contributed by atoms with Crippen molar-refractivity contribution in [1.82, 2.24) is 10.5 Å². The minimum atomic E-state index is -0.285. The van der Waals surface area contributed by atoms with Crippen LogP contribution in [-0.4, -0.2) is 16.1 Å². The van der Waals surface area contributed by atoms with Gasteiger partial charge in [0, 0.05) is 22.5 Å². The number of aryl methyl sites for hydroxylation is 1. The Kier molecular flexibility index (Phi) is 3.39. The summed E-state index contributed by atoms with van der Waals surface area (Å²) in [4.78, 5) is 15.1. The number of H-pyrrole nitrogens is 1. The highest BCUT2D eigenvalue weighted by Gasteiger charge is 2.24. The molecule has 4 rings (SSSR count). The monoisotopic (exact) mass is 306 g/mol. The summed E-state index contributed by atoms with van der Waals surface area (Å²) in [6, 6.07) is 16.8. The second-order valence-electron chi connectivity index (χ2n) is 6.17. The minimum absolute atomic E-state index is 0.148. The molecule has 3 aromatic rings. The average molecular weight is 306 g/mol.